The van der Waals surface area contributed by atoms with Crippen molar-refractivity contribution in [1.82, 2.24) is 0 Å². The van der Waals surface area contributed by atoms with E-state index in [1.807, 2.05) is 12.1 Å². The third-order valence-electron chi connectivity index (χ3n) is 4.52. The minimum Gasteiger partial charge on any atom is -0.370 e. The summed E-state index contributed by atoms with van der Waals surface area (Å²) in [6, 6.07) is 7.05. The van der Waals surface area contributed by atoms with E-state index in [1.54, 1.807) is 12.1 Å². The molecule has 0 aliphatic carbocycles. The molecule has 0 spiro atoms. The number of morpholine rings is 2. The van der Waals surface area contributed by atoms with Gasteiger partial charge in [0.2, 0.25) is 6.17 Å². The fraction of sp³-hybridized carbons (Fsp3) is 0.600. The summed E-state index contributed by atoms with van der Waals surface area (Å²) < 4.78 is 11.0. The highest BCUT2D eigenvalue weighted by molar-refractivity contribution is 5.33. The first-order valence-corrected chi connectivity index (χ1v) is 7.85. The number of benzene rings is 1. The minimum atomic E-state index is -0.345. The molecule has 3 rings (SSSR count). The van der Waals surface area contributed by atoms with Gasteiger partial charge < -0.3 is 9.47 Å². The summed E-state index contributed by atoms with van der Waals surface area (Å²) in [7, 11) is 0. The number of hydrogen-bond acceptors (Lipinski definition) is 4. The summed E-state index contributed by atoms with van der Waals surface area (Å²) in [4.78, 5) is 13.5. The van der Waals surface area contributed by atoms with Gasteiger partial charge in [0.25, 0.3) is 5.69 Å². The Labute approximate surface area is 129 Å². The summed E-state index contributed by atoms with van der Waals surface area (Å²) in [5.74, 6) is 0. The molecule has 0 atom stereocenters. The smallest absolute Gasteiger partial charge is 0.269 e. The second kappa shape index (κ2) is 7.15. The van der Waals surface area contributed by atoms with Crippen molar-refractivity contribution >= 4 is 5.69 Å². The van der Waals surface area contributed by atoms with Gasteiger partial charge in [-0.3, -0.25) is 19.9 Å². The van der Waals surface area contributed by atoms with Crippen LogP contribution in [0.5, 0.6) is 0 Å². The van der Waals surface area contributed by atoms with Gasteiger partial charge >= 0.3 is 0 Å². The first kappa shape index (κ1) is 15.4. The van der Waals surface area contributed by atoms with Gasteiger partial charge in [-0.1, -0.05) is 0 Å². The van der Waals surface area contributed by atoms with Crippen LogP contribution in [0.2, 0.25) is 0 Å². The van der Waals surface area contributed by atoms with Crippen LogP contribution >= 0.6 is 0 Å². The molecule has 7 nitrogen and oxygen atoms in total. The molecule has 120 valence electrons. The second-order valence-electron chi connectivity index (χ2n) is 5.82. The van der Waals surface area contributed by atoms with Crippen molar-refractivity contribution in [3.63, 3.8) is 0 Å². The van der Waals surface area contributed by atoms with E-state index in [4.69, 9.17) is 9.47 Å². The molecule has 0 unspecified atom stereocenters. The van der Waals surface area contributed by atoms with Crippen LogP contribution in [-0.4, -0.2) is 57.5 Å². The number of nitro groups is 1. The third-order valence-corrected chi connectivity index (χ3v) is 4.52. The van der Waals surface area contributed by atoms with Gasteiger partial charge in [0.05, 0.1) is 36.9 Å². The molecule has 0 saturated carbocycles. The van der Waals surface area contributed by atoms with Gasteiger partial charge in [0.1, 0.15) is 26.2 Å². The van der Waals surface area contributed by atoms with Crippen molar-refractivity contribution in [1.29, 1.82) is 0 Å². The van der Waals surface area contributed by atoms with Crippen LogP contribution in [0, 0.1) is 10.1 Å². The molecule has 0 amide bonds. The summed E-state index contributed by atoms with van der Waals surface area (Å²) >= 11 is 0. The van der Waals surface area contributed by atoms with Crippen LogP contribution in [-0.2, 0) is 9.47 Å². The maximum Gasteiger partial charge on any atom is 0.269 e. The Kier molecular flexibility index (Phi) is 4.99. The predicted molar refractivity (Wildman–Crippen MR) is 78.9 cm³/mol. The predicted octanol–water partition coefficient (Wildman–Crippen LogP) is -1.58. The van der Waals surface area contributed by atoms with Gasteiger partial charge in [-0.25, -0.2) is 0 Å². The molecule has 7 heteroatoms. The Morgan fingerprint density at radius 2 is 1.36 bits per heavy atom. The first-order valence-electron chi connectivity index (χ1n) is 7.85. The van der Waals surface area contributed by atoms with Crippen molar-refractivity contribution in [3.8, 4) is 0 Å². The van der Waals surface area contributed by atoms with E-state index in [1.165, 1.54) is 15.4 Å². The van der Waals surface area contributed by atoms with E-state index < -0.39 is 0 Å². The number of non-ortho nitro benzene ring substituents is 1. The Hall–Kier alpha value is -1.54. The zero-order valence-electron chi connectivity index (χ0n) is 12.6. The van der Waals surface area contributed by atoms with Crippen molar-refractivity contribution in [2.45, 2.75) is 6.17 Å². The van der Waals surface area contributed by atoms with E-state index in [-0.39, 0.29) is 10.6 Å². The standard InChI is InChI=1S/C15H21N3O4/c19-18(20)14-3-1-13(2-4-14)15(16-5-9-21-10-6-16)17-7-11-22-12-8-17/h1-4,15H,5-12H2/p+2. The quantitative estimate of drug-likeness (QED) is 0.520. The lowest BCUT2D eigenvalue weighted by atomic mass is 10.1. The fourth-order valence-electron chi connectivity index (χ4n) is 3.39. The number of rotatable bonds is 4. The number of nitrogens with one attached hydrogen (secondary N) is 2. The lowest BCUT2D eigenvalue weighted by Crippen LogP contribution is -3.32. The fourth-order valence-corrected chi connectivity index (χ4v) is 3.39. The molecular weight excluding hydrogens is 286 g/mol. The highest BCUT2D eigenvalue weighted by atomic mass is 16.6. The molecule has 0 radical (unpaired) electrons. The van der Waals surface area contributed by atoms with Gasteiger partial charge in [0, 0.05) is 12.1 Å². The first-order chi connectivity index (χ1) is 10.8. The maximum absolute atomic E-state index is 10.8. The van der Waals surface area contributed by atoms with Crippen molar-refractivity contribution in [2.75, 3.05) is 52.6 Å². The average Bonchev–Trinajstić information content (AvgIpc) is 2.57. The van der Waals surface area contributed by atoms with Crippen LogP contribution in [0.3, 0.4) is 0 Å². The van der Waals surface area contributed by atoms with E-state index in [2.05, 4.69) is 0 Å². The van der Waals surface area contributed by atoms with Gasteiger partial charge in [-0.15, -0.1) is 0 Å². The van der Waals surface area contributed by atoms with Gasteiger partial charge in [-0.2, -0.15) is 0 Å². The molecule has 1 aromatic rings. The Bertz CT molecular complexity index is 478. The van der Waals surface area contributed by atoms with E-state index in [9.17, 15) is 10.1 Å². The molecule has 1 aromatic carbocycles. The molecule has 0 aromatic heterocycles. The van der Waals surface area contributed by atoms with Gasteiger partial charge in [0.15, 0.2) is 0 Å². The zero-order chi connectivity index (χ0) is 15.4. The third kappa shape index (κ3) is 3.44. The summed E-state index contributed by atoms with van der Waals surface area (Å²) in [6.07, 6.45) is 0.300. The lowest BCUT2D eigenvalue weighted by Gasteiger charge is -2.37. The molecule has 2 heterocycles. The molecule has 2 aliphatic rings. The van der Waals surface area contributed by atoms with Crippen LogP contribution < -0.4 is 9.80 Å². The van der Waals surface area contributed by atoms with E-state index in [0.717, 1.165) is 52.6 Å². The number of nitro benzene ring substituents is 1. The summed E-state index contributed by atoms with van der Waals surface area (Å²) in [5, 5.41) is 10.8. The molecule has 2 aliphatic heterocycles. The molecule has 22 heavy (non-hydrogen) atoms. The Morgan fingerprint density at radius 3 is 1.77 bits per heavy atom. The molecule has 2 saturated heterocycles. The van der Waals surface area contributed by atoms with Crippen molar-refractivity contribution < 1.29 is 24.2 Å². The van der Waals surface area contributed by atoms with Crippen LogP contribution in [0.25, 0.3) is 0 Å². The average molecular weight is 309 g/mol. The van der Waals surface area contributed by atoms with Gasteiger partial charge in [-0.05, 0) is 12.1 Å². The molecule has 2 fully saturated rings. The van der Waals surface area contributed by atoms with Crippen LogP contribution in [0.4, 0.5) is 5.69 Å². The molecule has 0 bridgehead atoms. The normalized spacial score (nSPS) is 21.1. The van der Waals surface area contributed by atoms with Crippen molar-refractivity contribution in [3.05, 3.63) is 39.9 Å². The molecular formula is C15H23N3O4+2. The van der Waals surface area contributed by atoms with Crippen LogP contribution in [0.15, 0.2) is 24.3 Å². The Morgan fingerprint density at radius 1 is 0.909 bits per heavy atom. The second-order valence-corrected chi connectivity index (χ2v) is 5.82. The SMILES string of the molecule is O=[N+]([O-])c1ccc(C([NH+]2CCOCC2)[NH+]2CCOCC2)cc1. The zero-order valence-corrected chi connectivity index (χ0v) is 12.6. The number of hydrogen-bond donors (Lipinski definition) is 2. The number of nitrogens with zero attached hydrogens (tertiary/aromatic N) is 1. The molecule has 2 N–H and O–H groups in total. The summed E-state index contributed by atoms with van der Waals surface area (Å²) in [6.45, 7) is 7.03. The highest BCUT2D eigenvalue weighted by Gasteiger charge is 2.36. The number of quaternary nitrogens is 2. The number of ether oxygens (including phenoxy) is 2. The largest absolute Gasteiger partial charge is 0.370 e. The monoisotopic (exact) mass is 309 g/mol. The topological polar surface area (TPSA) is 70.5 Å². The minimum absolute atomic E-state index is 0.149. The Balaban J connectivity index is 1.84. The summed E-state index contributed by atoms with van der Waals surface area (Å²) in [5.41, 5.74) is 1.32. The van der Waals surface area contributed by atoms with E-state index >= 15 is 0 Å². The van der Waals surface area contributed by atoms with Crippen molar-refractivity contribution in [2.24, 2.45) is 0 Å². The van der Waals surface area contributed by atoms with E-state index in [0.29, 0.717) is 6.17 Å². The highest BCUT2D eigenvalue weighted by Crippen LogP contribution is 2.14. The van der Waals surface area contributed by atoms with Crippen LogP contribution in [0.1, 0.15) is 11.7 Å². The maximum atomic E-state index is 10.8. The lowest BCUT2D eigenvalue weighted by molar-refractivity contribution is -1.14.